The summed E-state index contributed by atoms with van der Waals surface area (Å²) in [4.78, 5) is 64.3. The highest BCUT2D eigenvalue weighted by Crippen LogP contribution is 2.27. The predicted octanol–water partition coefficient (Wildman–Crippen LogP) is 2.07. The summed E-state index contributed by atoms with van der Waals surface area (Å²) < 4.78 is 30.1. The van der Waals surface area contributed by atoms with E-state index in [0.717, 1.165) is 13.0 Å². The lowest BCUT2D eigenvalue weighted by atomic mass is 9.92. The molecular weight excluding hydrogens is 856 g/mol. The first-order valence-electron chi connectivity index (χ1n) is 16.3. The van der Waals surface area contributed by atoms with E-state index in [1.54, 1.807) is 41.5 Å². The highest BCUT2D eigenvalue weighted by atomic mass is 79.9. The van der Waals surface area contributed by atoms with E-state index in [4.69, 9.17) is 34.2 Å². The average Bonchev–Trinajstić information content (AvgIpc) is 2.99. The van der Waals surface area contributed by atoms with E-state index < -0.39 is 48.2 Å². The normalized spacial score (nSPS) is 13.1. The number of alkyl halides is 3. The third-order valence-electron chi connectivity index (χ3n) is 6.57. The van der Waals surface area contributed by atoms with Crippen molar-refractivity contribution in [2.45, 2.75) is 73.4 Å². The molecule has 0 aliphatic heterocycles. The number of nitrogens with two attached hydrogens (primary N) is 1. The Hall–Kier alpha value is -1.41. The Labute approximate surface area is 321 Å². The zero-order valence-electron chi connectivity index (χ0n) is 30.6. The van der Waals surface area contributed by atoms with Gasteiger partial charge in [0.15, 0.2) is 0 Å². The molecule has 0 bridgehead atoms. The van der Waals surface area contributed by atoms with E-state index in [1.807, 2.05) is 19.0 Å². The SMILES string of the molecule is CN(C)CCC[C@H](N)C(=O)NCCOCCOCCNC(=O)COCC(COC(=O)C(C)(C)Br)(COC(=O)C(C)(C)Br)COC(=O)C(C)(C)Br. The van der Waals surface area contributed by atoms with Crippen LogP contribution in [-0.2, 0) is 52.4 Å². The molecule has 0 aromatic rings. The van der Waals surface area contributed by atoms with E-state index >= 15 is 0 Å². The van der Waals surface area contributed by atoms with Crippen molar-refractivity contribution in [3.8, 4) is 0 Å². The minimum Gasteiger partial charge on any atom is -0.464 e. The lowest BCUT2D eigenvalue weighted by molar-refractivity contribution is -0.170. The molecular formula is C32H57Br3N4O11. The minimum absolute atomic E-state index is 0.197. The van der Waals surface area contributed by atoms with Crippen LogP contribution in [0.2, 0.25) is 0 Å². The summed E-state index contributed by atoms with van der Waals surface area (Å²) in [6.45, 7) is 10.4. The summed E-state index contributed by atoms with van der Waals surface area (Å²) in [5.74, 6) is -2.49. The third-order valence-corrected chi connectivity index (χ3v) is 7.54. The van der Waals surface area contributed by atoms with Gasteiger partial charge < -0.3 is 49.7 Å². The number of amides is 2. The Morgan fingerprint density at radius 2 is 1.08 bits per heavy atom. The maximum absolute atomic E-state index is 12.6. The molecule has 50 heavy (non-hydrogen) atoms. The molecule has 2 amide bonds. The summed E-state index contributed by atoms with van der Waals surface area (Å²) in [6.07, 6.45) is 1.44. The quantitative estimate of drug-likeness (QED) is 0.0470. The van der Waals surface area contributed by atoms with E-state index in [0.29, 0.717) is 26.2 Å². The first-order valence-corrected chi connectivity index (χ1v) is 18.6. The van der Waals surface area contributed by atoms with Crippen molar-refractivity contribution in [1.29, 1.82) is 0 Å². The van der Waals surface area contributed by atoms with Gasteiger partial charge in [0.05, 0.1) is 44.5 Å². The van der Waals surface area contributed by atoms with Gasteiger partial charge in [-0.3, -0.25) is 24.0 Å². The highest BCUT2D eigenvalue weighted by molar-refractivity contribution is 9.10. The van der Waals surface area contributed by atoms with Crippen LogP contribution >= 0.6 is 47.8 Å². The second kappa shape index (κ2) is 24.0. The molecule has 0 radical (unpaired) electrons. The number of hydrogen-bond donors (Lipinski definition) is 3. The Kier molecular flexibility index (Phi) is 23.3. The molecule has 0 aliphatic rings. The van der Waals surface area contributed by atoms with E-state index in [1.165, 1.54) is 0 Å². The highest BCUT2D eigenvalue weighted by Gasteiger charge is 2.41. The standard InChI is InChI=1S/C32H57Br3N4O11/c1-29(2,33)26(42)48-20-32(21-49-27(43)30(3,4)34,22-50-28(44)31(5,6)35)19-47-18-24(40)37-11-14-45-16-17-46-15-12-38-25(41)23(36)10-9-13-39(7)8/h23H,9-22,36H2,1-8H3,(H,37,40)(H,38,41)/t23-/m0/s1. The Morgan fingerprint density at radius 1 is 0.660 bits per heavy atom. The van der Waals surface area contributed by atoms with Crippen LogP contribution in [0.3, 0.4) is 0 Å². The molecule has 0 unspecified atom stereocenters. The summed E-state index contributed by atoms with van der Waals surface area (Å²) in [5.41, 5.74) is 4.55. The van der Waals surface area contributed by atoms with Crippen molar-refractivity contribution in [3.05, 3.63) is 0 Å². The molecule has 1 atom stereocenters. The van der Waals surface area contributed by atoms with Gasteiger partial charge in [-0.2, -0.15) is 0 Å². The molecule has 0 fully saturated rings. The molecule has 0 saturated heterocycles. The van der Waals surface area contributed by atoms with Crippen molar-refractivity contribution in [2.75, 3.05) is 93.2 Å². The van der Waals surface area contributed by atoms with Crippen LogP contribution in [0.25, 0.3) is 0 Å². The fourth-order valence-corrected chi connectivity index (χ4v) is 3.90. The molecule has 4 N–H and O–H groups in total. The first-order chi connectivity index (χ1) is 23.0. The van der Waals surface area contributed by atoms with Gasteiger partial charge in [-0.1, -0.05) is 47.8 Å². The number of carbonyl (C=O) groups excluding carboxylic acids is 5. The average molecular weight is 914 g/mol. The van der Waals surface area contributed by atoms with Gasteiger partial charge in [0, 0.05) is 13.1 Å². The van der Waals surface area contributed by atoms with Crippen molar-refractivity contribution >= 4 is 77.5 Å². The lowest BCUT2D eigenvalue weighted by Gasteiger charge is -2.34. The van der Waals surface area contributed by atoms with Crippen molar-refractivity contribution in [3.63, 3.8) is 0 Å². The smallest absolute Gasteiger partial charge is 0.322 e. The summed E-state index contributed by atoms with van der Waals surface area (Å²) in [7, 11) is 3.94. The van der Waals surface area contributed by atoms with Crippen LogP contribution in [0.1, 0.15) is 54.4 Å². The summed E-state index contributed by atoms with van der Waals surface area (Å²) in [6, 6.07) is -0.550. The topological polar surface area (TPSA) is 194 Å². The molecule has 0 spiro atoms. The Morgan fingerprint density at radius 3 is 1.48 bits per heavy atom. The largest absolute Gasteiger partial charge is 0.464 e. The third kappa shape index (κ3) is 23.2. The number of ether oxygens (including phenoxy) is 6. The second-order valence-electron chi connectivity index (χ2n) is 13.6. The number of esters is 3. The van der Waals surface area contributed by atoms with Crippen molar-refractivity contribution < 1.29 is 52.4 Å². The maximum atomic E-state index is 12.6. The Balaban J connectivity index is 4.85. The molecule has 15 nitrogen and oxygen atoms in total. The molecule has 0 saturated carbocycles. The number of hydrogen-bond acceptors (Lipinski definition) is 13. The molecule has 0 rings (SSSR count). The van der Waals surface area contributed by atoms with Crippen LogP contribution in [0.15, 0.2) is 0 Å². The summed E-state index contributed by atoms with van der Waals surface area (Å²) in [5, 5.41) is 5.42. The first kappa shape index (κ1) is 48.6. The minimum atomic E-state index is -1.35. The molecule has 0 aliphatic carbocycles. The van der Waals surface area contributed by atoms with Crippen LogP contribution in [-0.4, -0.2) is 147 Å². The van der Waals surface area contributed by atoms with Gasteiger partial charge in [0.2, 0.25) is 11.8 Å². The zero-order valence-corrected chi connectivity index (χ0v) is 35.4. The van der Waals surface area contributed by atoms with Crippen LogP contribution in [0, 0.1) is 5.41 Å². The van der Waals surface area contributed by atoms with Gasteiger partial charge in [-0.15, -0.1) is 0 Å². The lowest BCUT2D eigenvalue weighted by Crippen LogP contribution is -2.47. The number of nitrogens with zero attached hydrogens (tertiary/aromatic N) is 1. The molecule has 0 heterocycles. The fraction of sp³-hybridized carbons (Fsp3) is 0.844. The van der Waals surface area contributed by atoms with E-state index in [9.17, 15) is 24.0 Å². The van der Waals surface area contributed by atoms with E-state index in [-0.39, 0.29) is 58.7 Å². The molecule has 0 aromatic heterocycles. The number of halogens is 3. The van der Waals surface area contributed by atoms with Gasteiger partial charge >= 0.3 is 17.9 Å². The van der Waals surface area contributed by atoms with Crippen molar-refractivity contribution in [1.82, 2.24) is 15.5 Å². The Bertz CT molecular complexity index is 987. The van der Waals surface area contributed by atoms with Gasteiger partial charge in [0.1, 0.15) is 39.4 Å². The monoisotopic (exact) mass is 910 g/mol. The molecule has 292 valence electrons. The van der Waals surface area contributed by atoms with Crippen LogP contribution < -0.4 is 16.4 Å². The maximum Gasteiger partial charge on any atom is 0.322 e. The van der Waals surface area contributed by atoms with Gasteiger partial charge in [-0.05, 0) is 75.0 Å². The van der Waals surface area contributed by atoms with Gasteiger partial charge in [0.25, 0.3) is 0 Å². The van der Waals surface area contributed by atoms with Crippen LogP contribution in [0.4, 0.5) is 0 Å². The second-order valence-corrected chi connectivity index (χ2v) is 19.5. The number of rotatable bonds is 27. The van der Waals surface area contributed by atoms with Crippen LogP contribution in [0.5, 0.6) is 0 Å². The zero-order chi connectivity index (χ0) is 38.6. The number of nitrogens with one attached hydrogen (secondary N) is 2. The fourth-order valence-electron chi connectivity index (χ4n) is 3.55. The molecule has 18 heteroatoms. The van der Waals surface area contributed by atoms with E-state index in [2.05, 4.69) is 58.4 Å². The number of carbonyl (C=O) groups is 5. The predicted molar refractivity (Wildman–Crippen MR) is 199 cm³/mol. The van der Waals surface area contributed by atoms with Gasteiger partial charge in [-0.25, -0.2) is 0 Å². The summed E-state index contributed by atoms with van der Waals surface area (Å²) >= 11 is 9.76. The van der Waals surface area contributed by atoms with Crippen molar-refractivity contribution in [2.24, 2.45) is 11.1 Å². The molecule has 0 aromatic carbocycles.